The maximum atomic E-state index is 10.6. The van der Waals surface area contributed by atoms with E-state index in [4.69, 9.17) is 5.73 Å². The van der Waals surface area contributed by atoms with Crippen LogP contribution in [0.3, 0.4) is 0 Å². The summed E-state index contributed by atoms with van der Waals surface area (Å²) in [7, 11) is 0. The number of rotatable bonds is 1. The van der Waals surface area contributed by atoms with Gasteiger partial charge in [-0.2, -0.15) is 0 Å². The molecule has 2 aromatic carbocycles. The highest BCUT2D eigenvalue weighted by atomic mass is 16.6. The highest BCUT2D eigenvalue weighted by Gasteiger charge is 2.11. The number of hydrogen-bond donors (Lipinski definition) is 2. The lowest BCUT2D eigenvalue weighted by molar-refractivity contribution is -0.383. The first-order chi connectivity index (χ1) is 11.7. The molecule has 122 valence electrons. The number of nitro groups is 1. The Morgan fingerprint density at radius 3 is 2.71 bits per heavy atom. The van der Waals surface area contributed by atoms with Gasteiger partial charge in [0, 0.05) is 24.2 Å². The highest BCUT2D eigenvalue weighted by Crippen LogP contribution is 2.27. The van der Waals surface area contributed by atoms with Crippen molar-refractivity contribution in [1.29, 1.82) is 0 Å². The molecule has 0 saturated heterocycles. The van der Waals surface area contributed by atoms with Gasteiger partial charge in [0.25, 0.3) is 5.69 Å². The van der Waals surface area contributed by atoms with E-state index in [0.29, 0.717) is 5.52 Å². The molecule has 0 saturated carbocycles. The Bertz CT molecular complexity index is 875. The average molecular weight is 322 g/mol. The van der Waals surface area contributed by atoms with E-state index in [-0.39, 0.29) is 5.69 Å². The van der Waals surface area contributed by atoms with Crippen molar-refractivity contribution < 1.29 is 4.92 Å². The van der Waals surface area contributed by atoms with Crippen LogP contribution in [0.1, 0.15) is 12.0 Å². The Morgan fingerprint density at radius 2 is 1.92 bits per heavy atom. The third kappa shape index (κ3) is 3.27. The van der Waals surface area contributed by atoms with Crippen molar-refractivity contribution in [3.05, 3.63) is 70.4 Å². The van der Waals surface area contributed by atoms with E-state index in [9.17, 15) is 10.1 Å². The van der Waals surface area contributed by atoms with Crippen LogP contribution in [0.15, 0.2) is 54.7 Å². The number of pyridine rings is 1. The molecule has 3 aromatic rings. The first kappa shape index (κ1) is 15.7. The minimum Gasteiger partial charge on any atom is -0.397 e. The van der Waals surface area contributed by atoms with E-state index in [1.54, 1.807) is 30.5 Å². The molecule has 0 fully saturated rings. The van der Waals surface area contributed by atoms with Gasteiger partial charge in [-0.3, -0.25) is 10.1 Å². The Kier molecular flexibility index (Phi) is 4.56. The van der Waals surface area contributed by atoms with E-state index in [2.05, 4.69) is 16.4 Å². The molecule has 1 aromatic heterocycles. The van der Waals surface area contributed by atoms with Gasteiger partial charge in [-0.1, -0.05) is 30.3 Å². The fraction of sp³-hybridized carbons (Fsp3) is 0.167. The maximum absolute atomic E-state index is 10.6. The molecule has 1 aliphatic heterocycles. The number of nitrogens with one attached hydrogen (secondary N) is 1. The normalized spacial score (nSPS) is 12.5. The summed E-state index contributed by atoms with van der Waals surface area (Å²) < 4.78 is 0. The monoisotopic (exact) mass is 322 g/mol. The zero-order chi connectivity index (χ0) is 16.9. The van der Waals surface area contributed by atoms with Crippen LogP contribution in [0.4, 0.5) is 17.1 Å². The Morgan fingerprint density at radius 1 is 1.12 bits per heavy atom. The second-order valence-corrected chi connectivity index (χ2v) is 5.52. The summed E-state index contributed by atoms with van der Waals surface area (Å²) in [5.41, 5.74) is 9.66. The van der Waals surface area contributed by atoms with Crippen molar-refractivity contribution in [2.75, 3.05) is 17.6 Å². The molecule has 0 atom stereocenters. The molecule has 0 amide bonds. The summed E-state index contributed by atoms with van der Waals surface area (Å²) >= 11 is 0. The largest absolute Gasteiger partial charge is 0.397 e. The predicted molar refractivity (Wildman–Crippen MR) is 96.1 cm³/mol. The van der Waals surface area contributed by atoms with Crippen LogP contribution in [0.5, 0.6) is 0 Å². The third-order valence-electron chi connectivity index (χ3n) is 3.92. The summed E-state index contributed by atoms with van der Waals surface area (Å²) in [6, 6.07) is 14.6. The summed E-state index contributed by atoms with van der Waals surface area (Å²) in [4.78, 5) is 14.1. The molecule has 0 spiro atoms. The quantitative estimate of drug-likeness (QED) is 0.404. The van der Waals surface area contributed by atoms with Crippen LogP contribution < -0.4 is 11.1 Å². The van der Waals surface area contributed by atoms with Crippen molar-refractivity contribution in [1.82, 2.24) is 4.98 Å². The molecule has 6 nitrogen and oxygen atoms in total. The van der Waals surface area contributed by atoms with Crippen LogP contribution in [-0.4, -0.2) is 16.5 Å². The predicted octanol–water partition coefficient (Wildman–Crippen LogP) is 3.77. The molecule has 3 N–H and O–H groups in total. The fourth-order valence-corrected chi connectivity index (χ4v) is 2.77. The van der Waals surface area contributed by atoms with Crippen molar-refractivity contribution >= 4 is 28.0 Å². The van der Waals surface area contributed by atoms with Gasteiger partial charge in [-0.15, -0.1) is 0 Å². The minimum atomic E-state index is -0.421. The third-order valence-corrected chi connectivity index (χ3v) is 3.92. The van der Waals surface area contributed by atoms with Gasteiger partial charge in [0.05, 0.1) is 16.3 Å². The van der Waals surface area contributed by atoms with Crippen LogP contribution in [0.2, 0.25) is 0 Å². The lowest BCUT2D eigenvalue weighted by Crippen LogP contribution is -2.13. The first-order valence-electron chi connectivity index (χ1n) is 7.76. The number of hydrogen-bond acceptors (Lipinski definition) is 5. The van der Waals surface area contributed by atoms with Crippen LogP contribution in [0, 0.1) is 10.1 Å². The summed E-state index contributed by atoms with van der Waals surface area (Å²) in [6.45, 7) is 1.06. The Hall–Kier alpha value is -3.15. The summed E-state index contributed by atoms with van der Waals surface area (Å²) in [5, 5.41) is 14.7. The zero-order valence-corrected chi connectivity index (χ0v) is 13.1. The number of non-ortho nitro benzene ring substituents is 1. The number of aryl methyl sites for hydroxylation is 1. The molecular weight excluding hydrogens is 304 g/mol. The van der Waals surface area contributed by atoms with Gasteiger partial charge in [0.2, 0.25) is 0 Å². The van der Waals surface area contributed by atoms with E-state index >= 15 is 0 Å². The lowest BCUT2D eigenvalue weighted by atomic mass is 10.0. The minimum absolute atomic E-state index is 0.0538. The maximum Gasteiger partial charge on any atom is 0.295 e. The molecule has 0 radical (unpaired) electrons. The van der Waals surface area contributed by atoms with Gasteiger partial charge in [0.15, 0.2) is 0 Å². The molecule has 1 aliphatic rings. The molecule has 0 aliphatic carbocycles. The number of aromatic nitrogens is 1. The Balaban J connectivity index is 0.000000143. The molecule has 0 unspecified atom stereocenters. The van der Waals surface area contributed by atoms with E-state index in [1.165, 1.54) is 18.1 Å². The highest BCUT2D eigenvalue weighted by molar-refractivity contribution is 5.86. The summed E-state index contributed by atoms with van der Waals surface area (Å²) in [6.07, 6.45) is 3.93. The van der Waals surface area contributed by atoms with Gasteiger partial charge in [-0.25, -0.2) is 4.98 Å². The van der Waals surface area contributed by atoms with Gasteiger partial charge >= 0.3 is 0 Å². The Labute approximate surface area is 139 Å². The lowest BCUT2D eigenvalue weighted by Gasteiger charge is -2.19. The first-order valence-corrected chi connectivity index (χ1v) is 7.76. The average Bonchev–Trinajstić information content (AvgIpc) is 2.62. The number of nitro benzene ring substituents is 1. The molecule has 0 bridgehead atoms. The number of nitrogens with zero attached hydrogens (tertiary/aromatic N) is 2. The van der Waals surface area contributed by atoms with E-state index < -0.39 is 4.92 Å². The zero-order valence-electron chi connectivity index (χ0n) is 13.1. The van der Waals surface area contributed by atoms with Crippen LogP contribution in [-0.2, 0) is 6.42 Å². The van der Waals surface area contributed by atoms with Crippen LogP contribution >= 0.6 is 0 Å². The van der Waals surface area contributed by atoms with E-state index in [0.717, 1.165) is 29.7 Å². The van der Waals surface area contributed by atoms with Gasteiger partial charge in [0.1, 0.15) is 5.52 Å². The van der Waals surface area contributed by atoms with Gasteiger partial charge < -0.3 is 11.1 Å². The number of benzene rings is 2. The van der Waals surface area contributed by atoms with Crippen molar-refractivity contribution in [2.45, 2.75) is 12.8 Å². The second-order valence-electron chi connectivity index (χ2n) is 5.52. The number of nitrogen functional groups attached to an aromatic ring is 1. The topological polar surface area (TPSA) is 94.1 Å². The molecule has 4 rings (SSSR count). The van der Waals surface area contributed by atoms with Crippen molar-refractivity contribution in [3.63, 3.8) is 0 Å². The van der Waals surface area contributed by atoms with Gasteiger partial charge in [-0.05, 0) is 30.5 Å². The van der Waals surface area contributed by atoms with E-state index in [1.807, 2.05) is 12.1 Å². The van der Waals surface area contributed by atoms with Crippen LogP contribution in [0.25, 0.3) is 10.9 Å². The molecule has 2 heterocycles. The SMILES string of the molecule is Nc1cccc2c1NCCC2.O=[N+]([O-])c1cccc2cccnc12. The number of fused-ring (bicyclic) bond motifs is 2. The number of para-hydroxylation sites is 2. The molecule has 24 heavy (non-hydrogen) atoms. The summed E-state index contributed by atoms with van der Waals surface area (Å²) in [5.74, 6) is 0. The molecular formula is C18H18N4O2. The smallest absolute Gasteiger partial charge is 0.295 e. The number of nitrogens with two attached hydrogens (primary N) is 1. The number of anilines is 2. The van der Waals surface area contributed by atoms with Crippen molar-refractivity contribution in [2.24, 2.45) is 0 Å². The molecule has 6 heteroatoms. The fourth-order valence-electron chi connectivity index (χ4n) is 2.77. The standard InChI is InChI=1S/C9H6N2O2.C9H12N2/c12-11(13)8-5-1-3-7-4-2-6-10-9(7)8;10-8-5-1-3-7-4-2-6-11-9(7)8/h1-6H;1,3,5,11H,2,4,6,10H2. The second kappa shape index (κ2) is 6.95. The van der Waals surface area contributed by atoms with Crippen molar-refractivity contribution in [3.8, 4) is 0 Å².